The summed E-state index contributed by atoms with van der Waals surface area (Å²) < 4.78 is 9.76. The Balaban J connectivity index is 2.36. The monoisotopic (exact) mass is 246 g/mol. The van der Waals surface area contributed by atoms with Gasteiger partial charge < -0.3 is 9.47 Å². The number of hydrogen-bond acceptors (Lipinski definition) is 5. The van der Waals surface area contributed by atoms with Crippen molar-refractivity contribution in [2.24, 2.45) is 0 Å². The van der Waals surface area contributed by atoms with Crippen LogP contribution in [0.4, 0.5) is 0 Å². The third-order valence-electron chi connectivity index (χ3n) is 2.63. The van der Waals surface area contributed by atoms with Crippen LogP contribution in [-0.2, 0) is 14.4 Å². The minimum absolute atomic E-state index is 0.230. The number of esters is 2. The van der Waals surface area contributed by atoms with Gasteiger partial charge in [0, 0.05) is 17.7 Å². The molecule has 1 atom stereocenters. The van der Waals surface area contributed by atoms with Gasteiger partial charge in [-0.25, -0.2) is 9.59 Å². The molecule has 0 radical (unpaired) electrons. The van der Waals surface area contributed by atoms with Gasteiger partial charge in [0.1, 0.15) is 11.5 Å². The van der Waals surface area contributed by atoms with Crippen molar-refractivity contribution in [1.29, 1.82) is 0 Å². The maximum Gasteiger partial charge on any atom is 0.380 e. The number of ketones is 1. The zero-order chi connectivity index (χ0) is 13.3. The first kappa shape index (κ1) is 12.0. The van der Waals surface area contributed by atoms with Crippen LogP contribution in [0, 0.1) is 0 Å². The Labute approximate surface area is 103 Å². The summed E-state index contributed by atoms with van der Waals surface area (Å²) in [5.41, 5.74) is 0.595. The van der Waals surface area contributed by atoms with E-state index in [1.54, 1.807) is 13.0 Å². The van der Waals surface area contributed by atoms with Crippen molar-refractivity contribution >= 4 is 17.7 Å². The molecular formula is C13H10O5. The van der Waals surface area contributed by atoms with Crippen LogP contribution in [0.1, 0.15) is 18.4 Å². The number of fused-ring (bicyclic) bond motifs is 1. The van der Waals surface area contributed by atoms with Gasteiger partial charge in [0.25, 0.3) is 0 Å². The van der Waals surface area contributed by atoms with Crippen LogP contribution in [0.3, 0.4) is 0 Å². The zero-order valence-electron chi connectivity index (χ0n) is 9.64. The van der Waals surface area contributed by atoms with Gasteiger partial charge in [-0.2, -0.15) is 0 Å². The molecule has 92 valence electrons. The molecule has 1 aliphatic rings. The Kier molecular flexibility index (Phi) is 2.97. The first-order valence-electron chi connectivity index (χ1n) is 5.27. The average Bonchev–Trinajstić information content (AvgIpc) is 2.35. The second-order valence-corrected chi connectivity index (χ2v) is 3.80. The van der Waals surface area contributed by atoms with Crippen molar-refractivity contribution in [2.45, 2.75) is 12.8 Å². The van der Waals surface area contributed by atoms with Crippen LogP contribution < -0.4 is 9.47 Å². The fourth-order valence-corrected chi connectivity index (χ4v) is 1.65. The van der Waals surface area contributed by atoms with Crippen molar-refractivity contribution in [3.8, 4) is 11.5 Å². The summed E-state index contributed by atoms with van der Waals surface area (Å²) in [6, 6.07) is 4.52. The predicted octanol–water partition coefficient (Wildman–Crippen LogP) is 1.37. The standard InChI is InChI=1S/C13H10O5/c1-3-11(14)17-8-4-5-9-7(2)12(15)13(16)18-10(9)6-8/h3-7H,1H2,2H3. The molecule has 0 saturated carbocycles. The Morgan fingerprint density at radius 1 is 1.44 bits per heavy atom. The van der Waals surface area contributed by atoms with Gasteiger partial charge >= 0.3 is 11.9 Å². The number of hydrogen-bond donors (Lipinski definition) is 0. The number of carbonyl (C=O) groups is 3. The topological polar surface area (TPSA) is 69.7 Å². The Bertz CT molecular complexity index is 559. The van der Waals surface area contributed by atoms with E-state index < -0.39 is 23.6 Å². The second kappa shape index (κ2) is 4.44. The van der Waals surface area contributed by atoms with Gasteiger partial charge in [0.05, 0.1) is 5.92 Å². The van der Waals surface area contributed by atoms with E-state index in [2.05, 4.69) is 6.58 Å². The van der Waals surface area contributed by atoms with Crippen LogP contribution in [0.5, 0.6) is 11.5 Å². The van der Waals surface area contributed by atoms with Crippen molar-refractivity contribution < 1.29 is 23.9 Å². The first-order chi connectivity index (χ1) is 8.52. The van der Waals surface area contributed by atoms with E-state index in [0.29, 0.717) is 5.56 Å². The minimum atomic E-state index is -0.901. The van der Waals surface area contributed by atoms with Gasteiger partial charge in [-0.1, -0.05) is 19.6 Å². The Morgan fingerprint density at radius 3 is 2.83 bits per heavy atom. The number of carbonyl (C=O) groups excluding carboxylic acids is 3. The van der Waals surface area contributed by atoms with E-state index in [9.17, 15) is 14.4 Å². The molecule has 1 aromatic rings. The number of ether oxygens (including phenoxy) is 2. The van der Waals surface area contributed by atoms with E-state index >= 15 is 0 Å². The average molecular weight is 246 g/mol. The highest BCUT2D eigenvalue weighted by molar-refractivity contribution is 6.37. The maximum atomic E-state index is 11.4. The van der Waals surface area contributed by atoms with Gasteiger partial charge in [-0.05, 0) is 6.07 Å². The van der Waals surface area contributed by atoms with Crippen LogP contribution in [0.2, 0.25) is 0 Å². The molecule has 0 spiro atoms. The second-order valence-electron chi connectivity index (χ2n) is 3.80. The normalized spacial score (nSPS) is 17.7. The van der Waals surface area contributed by atoms with Crippen LogP contribution >= 0.6 is 0 Å². The molecule has 1 heterocycles. The molecule has 18 heavy (non-hydrogen) atoms. The number of benzene rings is 1. The van der Waals surface area contributed by atoms with E-state index in [4.69, 9.17) is 9.47 Å². The van der Waals surface area contributed by atoms with Gasteiger partial charge in [0.2, 0.25) is 5.78 Å². The smallest absolute Gasteiger partial charge is 0.380 e. The molecular weight excluding hydrogens is 236 g/mol. The van der Waals surface area contributed by atoms with Crippen molar-refractivity contribution in [3.05, 3.63) is 36.4 Å². The SMILES string of the molecule is C=CC(=O)Oc1ccc2c(c1)OC(=O)C(=O)C2C. The summed E-state index contributed by atoms with van der Waals surface area (Å²) in [6.07, 6.45) is 1.03. The van der Waals surface area contributed by atoms with Crippen LogP contribution in [-0.4, -0.2) is 17.7 Å². The molecule has 2 rings (SSSR count). The molecule has 0 bridgehead atoms. The summed E-state index contributed by atoms with van der Waals surface area (Å²) in [4.78, 5) is 33.7. The maximum absolute atomic E-state index is 11.4. The third kappa shape index (κ3) is 2.02. The van der Waals surface area contributed by atoms with E-state index in [-0.39, 0.29) is 11.5 Å². The molecule has 1 aliphatic heterocycles. The Morgan fingerprint density at radius 2 is 2.17 bits per heavy atom. The fraction of sp³-hybridized carbons (Fsp3) is 0.154. The highest BCUT2D eigenvalue weighted by Gasteiger charge is 2.33. The van der Waals surface area contributed by atoms with Crippen molar-refractivity contribution in [3.63, 3.8) is 0 Å². The summed E-state index contributed by atoms with van der Waals surface area (Å²) >= 11 is 0. The highest BCUT2D eigenvalue weighted by atomic mass is 16.5. The third-order valence-corrected chi connectivity index (χ3v) is 2.63. The van der Waals surface area contributed by atoms with Crippen molar-refractivity contribution in [1.82, 2.24) is 0 Å². The molecule has 1 unspecified atom stereocenters. The molecule has 0 aromatic heterocycles. The molecule has 5 heteroatoms. The summed E-state index contributed by atoms with van der Waals surface area (Å²) in [5, 5.41) is 0. The highest BCUT2D eigenvalue weighted by Crippen LogP contribution is 2.34. The fourth-order valence-electron chi connectivity index (χ4n) is 1.65. The number of Topliss-reactive ketones (excluding diaryl/α,β-unsaturated/α-hetero) is 1. The largest absolute Gasteiger partial charge is 0.423 e. The summed E-state index contributed by atoms with van der Waals surface area (Å²) in [7, 11) is 0. The predicted molar refractivity (Wildman–Crippen MR) is 61.3 cm³/mol. The molecule has 0 fully saturated rings. The van der Waals surface area contributed by atoms with Gasteiger partial charge in [-0.15, -0.1) is 0 Å². The molecule has 1 aromatic carbocycles. The van der Waals surface area contributed by atoms with Crippen molar-refractivity contribution in [2.75, 3.05) is 0 Å². The Hall–Kier alpha value is -2.43. The lowest BCUT2D eigenvalue weighted by atomic mass is 9.93. The summed E-state index contributed by atoms with van der Waals surface area (Å²) in [5.74, 6) is -2.18. The van der Waals surface area contributed by atoms with E-state index in [0.717, 1.165) is 6.08 Å². The molecule has 5 nitrogen and oxygen atoms in total. The molecule has 0 saturated heterocycles. The zero-order valence-corrected chi connectivity index (χ0v) is 9.64. The minimum Gasteiger partial charge on any atom is -0.423 e. The van der Waals surface area contributed by atoms with Gasteiger partial charge in [-0.3, -0.25) is 4.79 Å². The lowest BCUT2D eigenvalue weighted by molar-refractivity contribution is -0.148. The van der Waals surface area contributed by atoms with E-state index in [1.807, 2.05) is 0 Å². The molecule has 0 aliphatic carbocycles. The lowest BCUT2D eigenvalue weighted by Gasteiger charge is -2.20. The molecule has 0 amide bonds. The lowest BCUT2D eigenvalue weighted by Crippen LogP contribution is -2.30. The number of rotatable bonds is 2. The van der Waals surface area contributed by atoms with Crippen LogP contribution in [0.15, 0.2) is 30.9 Å². The van der Waals surface area contributed by atoms with E-state index in [1.165, 1.54) is 12.1 Å². The van der Waals surface area contributed by atoms with Gasteiger partial charge in [0.15, 0.2) is 0 Å². The molecule has 0 N–H and O–H groups in total. The summed E-state index contributed by atoms with van der Waals surface area (Å²) in [6.45, 7) is 4.90. The van der Waals surface area contributed by atoms with Crippen LogP contribution in [0.25, 0.3) is 0 Å². The quantitative estimate of drug-likeness (QED) is 0.341. The first-order valence-corrected chi connectivity index (χ1v) is 5.27.